The third kappa shape index (κ3) is 2.59. The van der Waals surface area contributed by atoms with Crippen LogP contribution in [0.1, 0.15) is 29.8 Å². The van der Waals surface area contributed by atoms with Gasteiger partial charge in [0.1, 0.15) is 5.69 Å². The highest BCUT2D eigenvalue weighted by molar-refractivity contribution is 5.92. The van der Waals surface area contributed by atoms with Crippen molar-refractivity contribution in [3.8, 4) is 0 Å². The lowest BCUT2D eigenvalue weighted by atomic mass is 10.3. The number of hydrogen-bond acceptors (Lipinski definition) is 3. The van der Waals surface area contributed by atoms with Gasteiger partial charge >= 0.3 is 5.97 Å². The molecule has 0 spiro atoms. The Morgan fingerprint density at radius 1 is 1.56 bits per heavy atom. The van der Waals surface area contributed by atoms with Crippen LogP contribution in [0.4, 0.5) is 0 Å². The normalized spacial score (nSPS) is 14.8. The Hall–Kier alpha value is -1.85. The van der Waals surface area contributed by atoms with Crippen LogP contribution >= 0.6 is 0 Å². The van der Waals surface area contributed by atoms with Gasteiger partial charge in [-0.05, 0) is 18.9 Å². The zero-order valence-corrected chi connectivity index (χ0v) is 8.72. The summed E-state index contributed by atoms with van der Waals surface area (Å²) in [6.07, 6.45) is 3.51. The van der Waals surface area contributed by atoms with E-state index in [4.69, 9.17) is 5.11 Å². The van der Waals surface area contributed by atoms with Crippen LogP contribution in [-0.2, 0) is 11.3 Å². The minimum Gasteiger partial charge on any atom is -0.481 e. The minimum absolute atomic E-state index is 0.0363. The molecule has 1 saturated carbocycles. The lowest BCUT2D eigenvalue weighted by Gasteiger charge is -2.06. The summed E-state index contributed by atoms with van der Waals surface area (Å²) in [6.45, 7) is 0.218. The van der Waals surface area contributed by atoms with Gasteiger partial charge in [0.15, 0.2) is 0 Å². The summed E-state index contributed by atoms with van der Waals surface area (Å²) in [6, 6.07) is 1.88. The van der Waals surface area contributed by atoms with Gasteiger partial charge < -0.3 is 10.4 Å². The first kappa shape index (κ1) is 10.7. The van der Waals surface area contributed by atoms with Gasteiger partial charge in [-0.2, -0.15) is 5.10 Å². The number of hydrogen-bond donors (Lipinski definition) is 2. The molecule has 2 N–H and O–H groups in total. The zero-order valence-electron chi connectivity index (χ0n) is 8.72. The fourth-order valence-electron chi connectivity index (χ4n) is 1.39. The predicted molar refractivity (Wildman–Crippen MR) is 55.0 cm³/mol. The third-order valence-corrected chi connectivity index (χ3v) is 2.40. The van der Waals surface area contributed by atoms with E-state index in [-0.39, 0.29) is 24.9 Å². The molecule has 1 aliphatic rings. The lowest BCUT2D eigenvalue weighted by Crippen LogP contribution is -2.28. The smallest absolute Gasteiger partial charge is 0.305 e. The molecule has 16 heavy (non-hydrogen) atoms. The number of carbonyl (C=O) groups is 2. The first-order chi connectivity index (χ1) is 7.66. The predicted octanol–water partition coefficient (Wildman–Crippen LogP) is 0.250. The monoisotopic (exact) mass is 223 g/mol. The van der Waals surface area contributed by atoms with Gasteiger partial charge in [-0.25, -0.2) is 0 Å². The Morgan fingerprint density at radius 2 is 2.31 bits per heavy atom. The van der Waals surface area contributed by atoms with E-state index in [0.29, 0.717) is 5.69 Å². The van der Waals surface area contributed by atoms with Crippen LogP contribution in [-0.4, -0.2) is 32.8 Å². The fraction of sp³-hybridized carbons (Fsp3) is 0.500. The van der Waals surface area contributed by atoms with Crippen LogP contribution in [0.15, 0.2) is 12.3 Å². The number of carbonyl (C=O) groups excluding carboxylic acids is 1. The van der Waals surface area contributed by atoms with Crippen LogP contribution in [0.3, 0.4) is 0 Å². The molecule has 6 heteroatoms. The summed E-state index contributed by atoms with van der Waals surface area (Å²) in [4.78, 5) is 22.1. The maximum Gasteiger partial charge on any atom is 0.305 e. The minimum atomic E-state index is -0.899. The summed E-state index contributed by atoms with van der Waals surface area (Å²) >= 11 is 0. The highest BCUT2D eigenvalue weighted by Gasteiger charge is 2.25. The maximum atomic E-state index is 11.7. The molecule has 0 aliphatic heterocycles. The van der Waals surface area contributed by atoms with Crippen molar-refractivity contribution in [3.63, 3.8) is 0 Å². The number of carboxylic acids is 1. The molecule has 0 aromatic carbocycles. The molecule has 1 aromatic heterocycles. The molecular weight excluding hydrogens is 210 g/mol. The van der Waals surface area contributed by atoms with Gasteiger partial charge in [0.2, 0.25) is 0 Å². The molecule has 2 rings (SSSR count). The van der Waals surface area contributed by atoms with Crippen molar-refractivity contribution in [2.45, 2.75) is 31.8 Å². The number of nitrogens with one attached hydrogen (secondary N) is 1. The Morgan fingerprint density at radius 3 is 2.94 bits per heavy atom. The highest BCUT2D eigenvalue weighted by Crippen LogP contribution is 2.19. The average molecular weight is 223 g/mol. The molecule has 0 radical (unpaired) electrons. The molecule has 86 valence electrons. The number of amides is 1. The molecule has 1 fully saturated rings. The van der Waals surface area contributed by atoms with E-state index < -0.39 is 5.97 Å². The molecule has 0 unspecified atom stereocenters. The molecule has 1 aromatic rings. The van der Waals surface area contributed by atoms with Gasteiger partial charge in [-0.15, -0.1) is 0 Å². The van der Waals surface area contributed by atoms with Gasteiger partial charge in [0, 0.05) is 12.2 Å². The Balaban J connectivity index is 1.99. The van der Waals surface area contributed by atoms with Crippen molar-refractivity contribution >= 4 is 11.9 Å². The summed E-state index contributed by atoms with van der Waals surface area (Å²) in [7, 11) is 0. The molecule has 0 bridgehead atoms. The van der Waals surface area contributed by atoms with E-state index in [0.717, 1.165) is 12.8 Å². The second-order valence-electron chi connectivity index (χ2n) is 3.83. The Bertz CT molecular complexity index is 409. The van der Waals surface area contributed by atoms with E-state index in [9.17, 15) is 9.59 Å². The molecule has 1 aliphatic carbocycles. The third-order valence-electron chi connectivity index (χ3n) is 2.40. The van der Waals surface area contributed by atoms with Crippen molar-refractivity contribution in [1.82, 2.24) is 15.1 Å². The number of carboxylic acid groups (broad SMARTS) is 1. The Labute approximate surface area is 92.3 Å². The first-order valence-electron chi connectivity index (χ1n) is 5.21. The van der Waals surface area contributed by atoms with Crippen LogP contribution in [0, 0.1) is 0 Å². The average Bonchev–Trinajstić information content (AvgIpc) is 2.91. The molecule has 1 heterocycles. The summed E-state index contributed by atoms with van der Waals surface area (Å²) in [5.41, 5.74) is 0.424. The quantitative estimate of drug-likeness (QED) is 0.749. The second-order valence-corrected chi connectivity index (χ2v) is 3.83. The van der Waals surface area contributed by atoms with E-state index in [1.807, 2.05) is 0 Å². The SMILES string of the molecule is O=C(O)CCn1nccc1C(=O)NC1CC1. The molecular formula is C10H13N3O3. The van der Waals surface area contributed by atoms with Crippen molar-refractivity contribution in [2.24, 2.45) is 0 Å². The van der Waals surface area contributed by atoms with Gasteiger partial charge in [-0.1, -0.05) is 0 Å². The van der Waals surface area contributed by atoms with Crippen molar-refractivity contribution in [3.05, 3.63) is 18.0 Å². The van der Waals surface area contributed by atoms with Gasteiger partial charge in [0.25, 0.3) is 5.91 Å². The highest BCUT2D eigenvalue weighted by atomic mass is 16.4. The lowest BCUT2D eigenvalue weighted by molar-refractivity contribution is -0.137. The Kier molecular flexibility index (Phi) is 2.89. The second kappa shape index (κ2) is 4.34. The van der Waals surface area contributed by atoms with E-state index in [2.05, 4.69) is 10.4 Å². The maximum absolute atomic E-state index is 11.7. The van der Waals surface area contributed by atoms with E-state index in [1.165, 1.54) is 10.9 Å². The van der Waals surface area contributed by atoms with Crippen LogP contribution < -0.4 is 5.32 Å². The number of aryl methyl sites for hydroxylation is 1. The van der Waals surface area contributed by atoms with Crippen molar-refractivity contribution in [1.29, 1.82) is 0 Å². The summed E-state index contributed by atoms with van der Waals surface area (Å²) in [5, 5.41) is 15.3. The van der Waals surface area contributed by atoms with Crippen LogP contribution in [0.5, 0.6) is 0 Å². The molecule has 0 atom stereocenters. The van der Waals surface area contributed by atoms with E-state index in [1.54, 1.807) is 6.07 Å². The number of aromatic nitrogens is 2. The summed E-state index contributed by atoms with van der Waals surface area (Å²) in [5.74, 6) is -1.07. The number of nitrogens with zero attached hydrogens (tertiary/aromatic N) is 2. The fourth-order valence-corrected chi connectivity index (χ4v) is 1.39. The molecule has 0 saturated heterocycles. The van der Waals surface area contributed by atoms with Gasteiger partial charge in [-0.3, -0.25) is 14.3 Å². The van der Waals surface area contributed by atoms with E-state index >= 15 is 0 Å². The largest absolute Gasteiger partial charge is 0.481 e. The number of aliphatic carboxylic acids is 1. The zero-order chi connectivity index (χ0) is 11.5. The number of rotatable bonds is 5. The van der Waals surface area contributed by atoms with Crippen molar-refractivity contribution in [2.75, 3.05) is 0 Å². The first-order valence-corrected chi connectivity index (χ1v) is 5.21. The van der Waals surface area contributed by atoms with Gasteiger partial charge in [0.05, 0.1) is 13.0 Å². The standard InChI is InChI=1S/C10H13N3O3/c14-9(15)4-6-13-8(3-5-11-13)10(16)12-7-1-2-7/h3,5,7H,1-2,4,6H2,(H,12,16)(H,14,15). The topological polar surface area (TPSA) is 84.2 Å². The molecule has 6 nitrogen and oxygen atoms in total. The molecule has 1 amide bonds. The van der Waals surface area contributed by atoms with Crippen LogP contribution in [0.2, 0.25) is 0 Å². The van der Waals surface area contributed by atoms with Crippen LogP contribution in [0.25, 0.3) is 0 Å². The summed E-state index contributed by atoms with van der Waals surface area (Å²) < 4.78 is 1.42. The van der Waals surface area contributed by atoms with Crippen molar-refractivity contribution < 1.29 is 14.7 Å².